The van der Waals surface area contributed by atoms with E-state index in [1.54, 1.807) is 11.8 Å². The lowest BCUT2D eigenvalue weighted by Gasteiger charge is -2.24. The Bertz CT molecular complexity index is 355. The van der Waals surface area contributed by atoms with Gasteiger partial charge in [-0.05, 0) is 44.2 Å². The van der Waals surface area contributed by atoms with Gasteiger partial charge in [-0.1, -0.05) is 13.0 Å². The number of rotatable bonds is 7. The summed E-state index contributed by atoms with van der Waals surface area (Å²) in [5.74, 6) is 1.00. The molecular weight excluding hydrogens is 230 g/mol. The topological polar surface area (TPSA) is 48.7 Å². The third-order valence-electron chi connectivity index (χ3n) is 2.93. The second kappa shape index (κ2) is 7.31. The Hall–Kier alpha value is -1.05. The van der Waals surface area contributed by atoms with E-state index in [4.69, 9.17) is 5.26 Å². The van der Waals surface area contributed by atoms with Crippen LogP contribution in [-0.4, -0.2) is 23.3 Å². The van der Waals surface area contributed by atoms with Gasteiger partial charge in [0, 0.05) is 6.20 Å². The third-order valence-corrected chi connectivity index (χ3v) is 3.96. The number of nitrogens with one attached hydrogen (secondary N) is 1. The summed E-state index contributed by atoms with van der Waals surface area (Å²) in [6.07, 6.45) is 4.55. The van der Waals surface area contributed by atoms with Gasteiger partial charge in [-0.3, -0.25) is 0 Å². The van der Waals surface area contributed by atoms with Crippen LogP contribution in [0.2, 0.25) is 0 Å². The molecule has 1 atom stereocenters. The maximum absolute atomic E-state index is 9.16. The molecule has 4 heteroatoms. The average molecular weight is 249 g/mol. The minimum absolute atomic E-state index is 0.356. The molecule has 0 saturated heterocycles. The van der Waals surface area contributed by atoms with Crippen LogP contribution < -0.4 is 5.32 Å². The fourth-order valence-electron chi connectivity index (χ4n) is 1.65. The van der Waals surface area contributed by atoms with Crippen LogP contribution in [-0.2, 0) is 0 Å². The van der Waals surface area contributed by atoms with Crippen molar-refractivity contribution in [2.45, 2.75) is 36.8 Å². The first-order valence-electron chi connectivity index (χ1n) is 5.90. The maximum Gasteiger partial charge on any atom is 0.106 e. The van der Waals surface area contributed by atoms with E-state index in [-0.39, 0.29) is 5.54 Å². The summed E-state index contributed by atoms with van der Waals surface area (Å²) in [4.78, 5) is 4.26. The van der Waals surface area contributed by atoms with Crippen LogP contribution in [0, 0.1) is 11.3 Å². The SMILES string of the molecule is CCC(C#N)(CCCSc1ccccn1)NC. The highest BCUT2D eigenvalue weighted by molar-refractivity contribution is 7.99. The van der Waals surface area contributed by atoms with Gasteiger partial charge in [0.15, 0.2) is 0 Å². The Balaban J connectivity index is 2.31. The molecule has 0 saturated carbocycles. The van der Waals surface area contributed by atoms with Crippen molar-refractivity contribution in [1.29, 1.82) is 5.26 Å². The largest absolute Gasteiger partial charge is 0.302 e. The van der Waals surface area contributed by atoms with Gasteiger partial charge in [-0.15, -0.1) is 11.8 Å². The Morgan fingerprint density at radius 1 is 1.53 bits per heavy atom. The second-order valence-electron chi connectivity index (χ2n) is 3.92. The Morgan fingerprint density at radius 2 is 2.35 bits per heavy atom. The fourth-order valence-corrected chi connectivity index (χ4v) is 2.46. The number of nitrogens with zero attached hydrogens (tertiary/aromatic N) is 2. The number of nitriles is 1. The lowest BCUT2D eigenvalue weighted by atomic mass is 9.93. The molecule has 3 nitrogen and oxygen atoms in total. The molecule has 17 heavy (non-hydrogen) atoms. The molecule has 0 aliphatic heterocycles. The van der Waals surface area contributed by atoms with Crippen LogP contribution in [0.4, 0.5) is 0 Å². The summed E-state index contributed by atoms with van der Waals surface area (Å²) in [5, 5.41) is 13.3. The van der Waals surface area contributed by atoms with Gasteiger partial charge >= 0.3 is 0 Å². The van der Waals surface area contributed by atoms with Gasteiger partial charge in [0.2, 0.25) is 0 Å². The number of thioether (sulfide) groups is 1. The van der Waals surface area contributed by atoms with Gasteiger partial charge < -0.3 is 5.32 Å². The minimum atomic E-state index is -0.356. The summed E-state index contributed by atoms with van der Waals surface area (Å²) in [7, 11) is 1.86. The summed E-state index contributed by atoms with van der Waals surface area (Å²) in [6.45, 7) is 2.05. The molecule has 1 aromatic rings. The van der Waals surface area contributed by atoms with Crippen molar-refractivity contribution in [3.63, 3.8) is 0 Å². The smallest absolute Gasteiger partial charge is 0.106 e. The van der Waals surface area contributed by atoms with E-state index in [0.717, 1.165) is 30.0 Å². The lowest BCUT2D eigenvalue weighted by Crippen LogP contribution is -2.40. The van der Waals surface area contributed by atoms with E-state index >= 15 is 0 Å². The van der Waals surface area contributed by atoms with E-state index < -0.39 is 0 Å². The van der Waals surface area contributed by atoms with Crippen molar-refractivity contribution in [3.8, 4) is 6.07 Å². The predicted octanol–water partition coefficient (Wildman–Crippen LogP) is 2.85. The second-order valence-corrected chi connectivity index (χ2v) is 5.03. The number of aromatic nitrogens is 1. The summed E-state index contributed by atoms with van der Waals surface area (Å²) >= 11 is 1.74. The normalized spacial score (nSPS) is 13.9. The molecule has 1 unspecified atom stereocenters. The van der Waals surface area contributed by atoms with Gasteiger partial charge in [0.25, 0.3) is 0 Å². The molecule has 0 amide bonds. The van der Waals surface area contributed by atoms with E-state index in [2.05, 4.69) is 16.4 Å². The zero-order chi connectivity index (χ0) is 12.6. The van der Waals surface area contributed by atoms with Crippen LogP contribution in [0.5, 0.6) is 0 Å². The lowest BCUT2D eigenvalue weighted by molar-refractivity contribution is 0.400. The van der Waals surface area contributed by atoms with E-state index in [9.17, 15) is 0 Å². The van der Waals surface area contributed by atoms with E-state index in [1.165, 1.54) is 0 Å². The standard InChI is InChI=1S/C13H19N3S/c1-3-13(11-14,15-2)8-6-10-17-12-7-4-5-9-16-12/h4-5,7,9,15H,3,6,8,10H2,1-2H3. The minimum Gasteiger partial charge on any atom is -0.302 e. The Kier molecular flexibility index (Phi) is 6.03. The number of pyridine rings is 1. The molecule has 1 heterocycles. The predicted molar refractivity (Wildman–Crippen MR) is 71.9 cm³/mol. The van der Waals surface area contributed by atoms with Crippen molar-refractivity contribution < 1.29 is 0 Å². The monoisotopic (exact) mass is 249 g/mol. The number of hydrogen-bond acceptors (Lipinski definition) is 4. The summed E-state index contributed by atoms with van der Waals surface area (Å²) in [5.41, 5.74) is -0.356. The fraction of sp³-hybridized carbons (Fsp3) is 0.538. The molecule has 0 spiro atoms. The van der Waals surface area contributed by atoms with Crippen LogP contribution in [0.15, 0.2) is 29.4 Å². The van der Waals surface area contributed by atoms with Crippen molar-refractivity contribution in [2.75, 3.05) is 12.8 Å². The Labute approximate surface area is 108 Å². The molecule has 1 aromatic heterocycles. The molecular formula is C13H19N3S. The van der Waals surface area contributed by atoms with E-state index in [1.807, 2.05) is 38.4 Å². The molecule has 92 valence electrons. The summed E-state index contributed by atoms with van der Waals surface area (Å²) < 4.78 is 0. The first-order chi connectivity index (χ1) is 8.26. The Morgan fingerprint density at radius 3 is 2.88 bits per heavy atom. The summed E-state index contributed by atoms with van der Waals surface area (Å²) in [6, 6.07) is 8.31. The van der Waals surface area contributed by atoms with Gasteiger partial charge in [0.05, 0.1) is 11.1 Å². The highest BCUT2D eigenvalue weighted by Gasteiger charge is 2.24. The molecule has 0 radical (unpaired) electrons. The van der Waals surface area contributed by atoms with Crippen molar-refractivity contribution in [1.82, 2.24) is 10.3 Å². The molecule has 0 aliphatic carbocycles. The zero-order valence-corrected chi connectivity index (χ0v) is 11.3. The van der Waals surface area contributed by atoms with Crippen molar-refractivity contribution in [3.05, 3.63) is 24.4 Å². The molecule has 1 N–H and O–H groups in total. The molecule has 0 aromatic carbocycles. The van der Waals surface area contributed by atoms with Crippen LogP contribution in [0.3, 0.4) is 0 Å². The van der Waals surface area contributed by atoms with Crippen LogP contribution >= 0.6 is 11.8 Å². The molecule has 0 aliphatic rings. The molecule has 0 fully saturated rings. The zero-order valence-electron chi connectivity index (χ0n) is 10.4. The van der Waals surface area contributed by atoms with Crippen LogP contribution in [0.25, 0.3) is 0 Å². The molecule has 1 rings (SSSR count). The average Bonchev–Trinajstić information content (AvgIpc) is 2.41. The first kappa shape index (κ1) is 14.0. The maximum atomic E-state index is 9.16. The highest BCUT2D eigenvalue weighted by Crippen LogP contribution is 2.21. The van der Waals surface area contributed by atoms with Gasteiger partial charge in [-0.2, -0.15) is 5.26 Å². The first-order valence-corrected chi connectivity index (χ1v) is 6.89. The molecule has 0 bridgehead atoms. The van der Waals surface area contributed by atoms with E-state index in [0.29, 0.717) is 0 Å². The number of hydrogen-bond donors (Lipinski definition) is 1. The highest BCUT2D eigenvalue weighted by atomic mass is 32.2. The van der Waals surface area contributed by atoms with Gasteiger partial charge in [-0.25, -0.2) is 4.98 Å². The van der Waals surface area contributed by atoms with Crippen molar-refractivity contribution in [2.24, 2.45) is 0 Å². The quantitative estimate of drug-likeness (QED) is 0.596. The van der Waals surface area contributed by atoms with Crippen molar-refractivity contribution >= 4 is 11.8 Å². The van der Waals surface area contributed by atoms with Crippen LogP contribution in [0.1, 0.15) is 26.2 Å². The van der Waals surface area contributed by atoms with Gasteiger partial charge in [0.1, 0.15) is 5.54 Å². The third kappa shape index (κ3) is 4.37.